The van der Waals surface area contributed by atoms with Gasteiger partial charge in [0.15, 0.2) is 0 Å². The van der Waals surface area contributed by atoms with Crippen molar-refractivity contribution in [3.63, 3.8) is 0 Å². The number of hydrogen-bond donors (Lipinski definition) is 0. The van der Waals surface area contributed by atoms with Gasteiger partial charge in [-0.25, -0.2) is 8.78 Å². The minimum Gasteiger partial charge on any atom is -0.207 e. The third-order valence-electron chi connectivity index (χ3n) is 5.34. The van der Waals surface area contributed by atoms with Gasteiger partial charge in [0, 0.05) is 12.0 Å². The molecule has 0 aliphatic carbocycles. The van der Waals surface area contributed by atoms with Crippen LogP contribution >= 0.6 is 0 Å². The van der Waals surface area contributed by atoms with E-state index in [0.717, 1.165) is 12.1 Å². The zero-order valence-corrected chi connectivity index (χ0v) is 16.3. The molecule has 0 saturated carbocycles. The van der Waals surface area contributed by atoms with Crippen molar-refractivity contribution in [2.45, 2.75) is 44.7 Å². The van der Waals surface area contributed by atoms with Crippen LogP contribution in [-0.4, -0.2) is 24.0 Å². The Labute approximate surface area is 169 Å². The lowest BCUT2D eigenvalue weighted by atomic mass is 9.65. The van der Waals surface area contributed by atoms with Crippen molar-refractivity contribution in [2.75, 3.05) is 6.54 Å². The van der Waals surface area contributed by atoms with Gasteiger partial charge in [-0.2, -0.15) is 26.3 Å². The van der Waals surface area contributed by atoms with Crippen molar-refractivity contribution in [3.05, 3.63) is 71.3 Å². The lowest BCUT2D eigenvalue weighted by molar-refractivity contribution is -0.376. The summed E-state index contributed by atoms with van der Waals surface area (Å²) in [6.45, 7) is 1.37. The molecule has 9 heteroatoms. The molecular formula is C21H21F8N. The molecule has 166 valence electrons. The molecule has 1 unspecified atom stereocenters. The second-order valence-corrected chi connectivity index (χ2v) is 7.19. The van der Waals surface area contributed by atoms with Crippen LogP contribution in [0.4, 0.5) is 35.1 Å². The SMILES string of the molecule is CCCC(CN(C(F)(F)F)C(F)(F)F)C(C)(c1ccccc1F)c1ccccc1F. The van der Waals surface area contributed by atoms with Crippen molar-refractivity contribution >= 4 is 0 Å². The van der Waals surface area contributed by atoms with Crippen molar-refractivity contribution in [2.24, 2.45) is 5.92 Å². The molecule has 0 heterocycles. The fourth-order valence-corrected chi connectivity index (χ4v) is 3.83. The monoisotopic (exact) mass is 439 g/mol. The molecule has 2 aromatic carbocycles. The molecule has 2 aromatic rings. The van der Waals surface area contributed by atoms with Gasteiger partial charge < -0.3 is 0 Å². The van der Waals surface area contributed by atoms with Gasteiger partial charge in [0.25, 0.3) is 0 Å². The third-order valence-corrected chi connectivity index (χ3v) is 5.34. The Morgan fingerprint density at radius 2 is 1.17 bits per heavy atom. The van der Waals surface area contributed by atoms with E-state index in [0.29, 0.717) is 0 Å². The van der Waals surface area contributed by atoms with Crippen LogP contribution < -0.4 is 0 Å². The molecule has 0 fully saturated rings. The van der Waals surface area contributed by atoms with Crippen molar-refractivity contribution in [3.8, 4) is 0 Å². The summed E-state index contributed by atoms with van der Waals surface area (Å²) in [5, 5.41) is 0. The van der Waals surface area contributed by atoms with Crippen LogP contribution in [0.2, 0.25) is 0 Å². The summed E-state index contributed by atoms with van der Waals surface area (Å²) in [7, 11) is 0. The quantitative estimate of drug-likeness (QED) is 0.331. The number of nitrogens with zero attached hydrogens (tertiary/aromatic N) is 1. The molecule has 0 N–H and O–H groups in total. The van der Waals surface area contributed by atoms with Crippen LogP contribution in [0, 0.1) is 17.6 Å². The van der Waals surface area contributed by atoms with E-state index in [9.17, 15) is 35.1 Å². The highest BCUT2D eigenvalue weighted by molar-refractivity contribution is 5.41. The predicted molar refractivity (Wildman–Crippen MR) is 96.5 cm³/mol. The molecular weight excluding hydrogens is 418 g/mol. The lowest BCUT2D eigenvalue weighted by Gasteiger charge is -2.42. The second kappa shape index (κ2) is 8.91. The molecule has 0 radical (unpaired) electrons. The molecule has 0 bridgehead atoms. The first-order valence-electron chi connectivity index (χ1n) is 9.24. The first-order chi connectivity index (χ1) is 13.8. The Morgan fingerprint density at radius 3 is 1.50 bits per heavy atom. The highest BCUT2D eigenvalue weighted by atomic mass is 19.4. The largest absolute Gasteiger partial charge is 0.467 e. The summed E-state index contributed by atoms with van der Waals surface area (Å²) >= 11 is 0. The standard InChI is InChI=1S/C21H21F8N/c1-3-8-14(13-30(20(24,25)26)21(27,28)29)19(2,15-9-4-6-11-17(15)22)16-10-5-7-12-18(16)23/h4-7,9-12,14H,3,8,13H2,1-2H3. The lowest BCUT2D eigenvalue weighted by Crippen LogP contribution is -2.53. The molecule has 0 aliphatic heterocycles. The number of rotatable bonds is 7. The predicted octanol–water partition coefficient (Wildman–Crippen LogP) is 7.03. The van der Waals surface area contributed by atoms with E-state index < -0.39 is 47.0 Å². The van der Waals surface area contributed by atoms with E-state index >= 15 is 0 Å². The number of halogens is 8. The van der Waals surface area contributed by atoms with Gasteiger partial charge in [-0.15, -0.1) is 4.90 Å². The fourth-order valence-electron chi connectivity index (χ4n) is 3.83. The summed E-state index contributed by atoms with van der Waals surface area (Å²) in [5.74, 6) is -3.08. The van der Waals surface area contributed by atoms with E-state index in [4.69, 9.17) is 0 Å². The zero-order valence-electron chi connectivity index (χ0n) is 16.3. The van der Waals surface area contributed by atoms with Gasteiger partial charge in [0.05, 0.1) is 0 Å². The number of hydrogen-bond acceptors (Lipinski definition) is 1. The first kappa shape index (κ1) is 24.1. The Hall–Kier alpha value is -2.16. The van der Waals surface area contributed by atoms with Crippen LogP contribution in [0.3, 0.4) is 0 Å². The molecule has 30 heavy (non-hydrogen) atoms. The minimum absolute atomic E-state index is 0.123. The summed E-state index contributed by atoms with van der Waals surface area (Å²) in [6, 6.07) is 10.1. The summed E-state index contributed by atoms with van der Waals surface area (Å²) in [4.78, 5) is -1.53. The highest BCUT2D eigenvalue weighted by Crippen LogP contribution is 2.46. The molecule has 0 aromatic heterocycles. The smallest absolute Gasteiger partial charge is 0.207 e. The maximum absolute atomic E-state index is 14.7. The summed E-state index contributed by atoms with van der Waals surface area (Å²) < 4.78 is 109. The second-order valence-electron chi connectivity index (χ2n) is 7.19. The highest BCUT2D eigenvalue weighted by Gasteiger charge is 2.56. The Balaban J connectivity index is 2.73. The molecule has 0 spiro atoms. The van der Waals surface area contributed by atoms with Gasteiger partial charge in [-0.05, 0) is 35.6 Å². The number of alkyl halides is 6. The van der Waals surface area contributed by atoms with E-state index in [1.807, 2.05) is 0 Å². The zero-order chi connectivity index (χ0) is 22.7. The molecule has 0 aliphatic rings. The fraction of sp³-hybridized carbons (Fsp3) is 0.429. The molecule has 0 saturated heterocycles. The van der Waals surface area contributed by atoms with E-state index in [1.54, 1.807) is 6.92 Å². The van der Waals surface area contributed by atoms with Crippen LogP contribution in [0.5, 0.6) is 0 Å². The Bertz CT molecular complexity index is 784. The summed E-state index contributed by atoms with van der Waals surface area (Å²) in [6.07, 6.45) is -11.3. The van der Waals surface area contributed by atoms with E-state index in [-0.39, 0.29) is 24.0 Å². The van der Waals surface area contributed by atoms with Crippen LogP contribution in [0.25, 0.3) is 0 Å². The molecule has 1 nitrogen and oxygen atoms in total. The average molecular weight is 439 g/mol. The van der Waals surface area contributed by atoms with Crippen LogP contribution in [-0.2, 0) is 5.41 Å². The minimum atomic E-state index is -5.70. The van der Waals surface area contributed by atoms with Gasteiger partial charge in [-0.3, -0.25) is 0 Å². The molecule has 2 rings (SSSR count). The third kappa shape index (κ3) is 4.94. The number of benzene rings is 2. The van der Waals surface area contributed by atoms with Crippen molar-refractivity contribution in [1.29, 1.82) is 0 Å². The average Bonchev–Trinajstić information content (AvgIpc) is 2.63. The summed E-state index contributed by atoms with van der Waals surface area (Å²) in [5.41, 5.74) is -2.13. The van der Waals surface area contributed by atoms with Crippen molar-refractivity contribution in [1.82, 2.24) is 4.90 Å². The maximum Gasteiger partial charge on any atom is 0.467 e. The van der Waals surface area contributed by atoms with Gasteiger partial charge in [-0.1, -0.05) is 56.7 Å². The van der Waals surface area contributed by atoms with E-state index in [1.165, 1.54) is 43.3 Å². The Morgan fingerprint density at radius 1 is 0.767 bits per heavy atom. The van der Waals surface area contributed by atoms with E-state index in [2.05, 4.69) is 0 Å². The van der Waals surface area contributed by atoms with Gasteiger partial charge in [0.1, 0.15) is 11.6 Å². The van der Waals surface area contributed by atoms with Gasteiger partial charge in [0.2, 0.25) is 0 Å². The van der Waals surface area contributed by atoms with Crippen LogP contribution in [0.15, 0.2) is 48.5 Å². The van der Waals surface area contributed by atoms with Crippen molar-refractivity contribution < 1.29 is 35.1 Å². The van der Waals surface area contributed by atoms with Gasteiger partial charge >= 0.3 is 12.6 Å². The first-order valence-corrected chi connectivity index (χ1v) is 9.24. The molecule has 0 amide bonds. The Kier molecular flexibility index (Phi) is 7.16. The normalized spacial score (nSPS) is 14.2. The van der Waals surface area contributed by atoms with Crippen LogP contribution in [0.1, 0.15) is 37.8 Å². The maximum atomic E-state index is 14.7. The molecule has 1 atom stereocenters. The topological polar surface area (TPSA) is 3.24 Å².